The molecule has 4 nitrogen and oxygen atoms in total. The summed E-state index contributed by atoms with van der Waals surface area (Å²) >= 11 is 6.02. The highest BCUT2D eigenvalue weighted by molar-refractivity contribution is 6.31. The molecule has 110 valence electrons. The number of methoxy groups -OCH3 is 1. The van der Waals surface area contributed by atoms with E-state index in [0.717, 1.165) is 16.9 Å². The van der Waals surface area contributed by atoms with E-state index in [0.29, 0.717) is 17.3 Å². The molecule has 2 rings (SSSR count). The van der Waals surface area contributed by atoms with Gasteiger partial charge < -0.3 is 15.4 Å². The number of benzene rings is 2. The highest BCUT2D eigenvalue weighted by Gasteiger charge is 2.06. The molecule has 0 unspecified atom stereocenters. The Bertz CT molecular complexity index is 627. The van der Waals surface area contributed by atoms with Crippen LogP contribution in [0, 0.1) is 6.92 Å². The van der Waals surface area contributed by atoms with Gasteiger partial charge in [-0.2, -0.15) is 0 Å². The van der Waals surface area contributed by atoms with Crippen LogP contribution in [0.3, 0.4) is 0 Å². The zero-order valence-electron chi connectivity index (χ0n) is 11.9. The van der Waals surface area contributed by atoms with Crippen molar-refractivity contribution in [2.24, 2.45) is 0 Å². The molecule has 0 aliphatic rings. The summed E-state index contributed by atoms with van der Waals surface area (Å²) < 4.78 is 5.09. The fourth-order valence-electron chi connectivity index (χ4n) is 1.84. The van der Waals surface area contributed by atoms with Crippen LogP contribution in [0.1, 0.15) is 11.1 Å². The molecule has 0 saturated carbocycles. The Morgan fingerprint density at radius 3 is 2.57 bits per heavy atom. The van der Waals surface area contributed by atoms with Crippen LogP contribution in [-0.2, 0) is 6.54 Å². The van der Waals surface area contributed by atoms with Gasteiger partial charge >= 0.3 is 6.03 Å². The molecule has 0 radical (unpaired) electrons. The minimum atomic E-state index is -0.267. The van der Waals surface area contributed by atoms with Gasteiger partial charge in [0.25, 0.3) is 0 Å². The standard InChI is InChI=1S/C16H17ClN2O2/c1-11-14(17)4-3-5-15(11)19-16(20)18-10-12-6-8-13(21-2)9-7-12/h3-9H,10H2,1-2H3,(H2,18,19,20). The first-order valence-corrected chi connectivity index (χ1v) is 6.91. The Morgan fingerprint density at radius 2 is 1.90 bits per heavy atom. The summed E-state index contributed by atoms with van der Waals surface area (Å²) in [6.45, 7) is 2.30. The van der Waals surface area contributed by atoms with E-state index < -0.39 is 0 Å². The zero-order chi connectivity index (χ0) is 15.2. The second-order valence-corrected chi connectivity index (χ2v) is 4.98. The van der Waals surface area contributed by atoms with Crippen LogP contribution >= 0.6 is 11.6 Å². The maximum atomic E-state index is 11.9. The molecule has 2 aromatic carbocycles. The summed E-state index contributed by atoms with van der Waals surface area (Å²) in [6.07, 6.45) is 0. The molecule has 0 fully saturated rings. The van der Waals surface area contributed by atoms with Crippen molar-refractivity contribution in [1.29, 1.82) is 0 Å². The van der Waals surface area contributed by atoms with Crippen LogP contribution in [0.2, 0.25) is 5.02 Å². The van der Waals surface area contributed by atoms with Crippen LogP contribution in [0.5, 0.6) is 5.75 Å². The van der Waals surface area contributed by atoms with Crippen molar-refractivity contribution in [2.45, 2.75) is 13.5 Å². The quantitative estimate of drug-likeness (QED) is 0.897. The number of hydrogen-bond donors (Lipinski definition) is 2. The van der Waals surface area contributed by atoms with E-state index in [1.807, 2.05) is 37.3 Å². The normalized spacial score (nSPS) is 10.0. The molecule has 0 heterocycles. The Kier molecular flexibility index (Phi) is 5.06. The monoisotopic (exact) mass is 304 g/mol. The number of carbonyl (C=O) groups is 1. The van der Waals surface area contributed by atoms with E-state index in [4.69, 9.17) is 16.3 Å². The van der Waals surface area contributed by atoms with Crippen LogP contribution in [0.15, 0.2) is 42.5 Å². The van der Waals surface area contributed by atoms with Gasteiger partial charge in [0.2, 0.25) is 0 Å². The number of ether oxygens (including phenoxy) is 1. The van der Waals surface area contributed by atoms with Gasteiger partial charge in [-0.1, -0.05) is 29.8 Å². The van der Waals surface area contributed by atoms with Crippen molar-refractivity contribution in [3.05, 3.63) is 58.6 Å². The summed E-state index contributed by atoms with van der Waals surface area (Å²) in [5, 5.41) is 6.21. The molecule has 0 aliphatic carbocycles. The van der Waals surface area contributed by atoms with Crippen LogP contribution in [-0.4, -0.2) is 13.1 Å². The fraction of sp³-hybridized carbons (Fsp3) is 0.188. The van der Waals surface area contributed by atoms with Gasteiger partial charge in [0.15, 0.2) is 0 Å². The van der Waals surface area contributed by atoms with Crippen LogP contribution < -0.4 is 15.4 Å². The second-order valence-electron chi connectivity index (χ2n) is 4.57. The highest BCUT2D eigenvalue weighted by atomic mass is 35.5. The zero-order valence-corrected chi connectivity index (χ0v) is 12.7. The molecular formula is C16H17ClN2O2. The molecule has 0 bridgehead atoms. The molecular weight excluding hydrogens is 288 g/mol. The number of nitrogens with one attached hydrogen (secondary N) is 2. The van der Waals surface area contributed by atoms with Gasteiger partial charge in [-0.3, -0.25) is 0 Å². The summed E-state index contributed by atoms with van der Waals surface area (Å²) in [5.41, 5.74) is 2.54. The van der Waals surface area contributed by atoms with Crippen molar-refractivity contribution < 1.29 is 9.53 Å². The van der Waals surface area contributed by atoms with Crippen molar-refractivity contribution >= 4 is 23.3 Å². The van der Waals surface area contributed by atoms with Gasteiger partial charge in [-0.15, -0.1) is 0 Å². The smallest absolute Gasteiger partial charge is 0.319 e. The van der Waals surface area contributed by atoms with Gasteiger partial charge in [-0.05, 0) is 42.3 Å². The first-order chi connectivity index (χ1) is 10.1. The Morgan fingerprint density at radius 1 is 1.19 bits per heavy atom. The number of urea groups is 1. The largest absolute Gasteiger partial charge is 0.497 e. The topological polar surface area (TPSA) is 50.4 Å². The number of rotatable bonds is 4. The van der Waals surface area contributed by atoms with Gasteiger partial charge in [-0.25, -0.2) is 4.79 Å². The molecule has 0 saturated heterocycles. The number of halogens is 1. The van der Waals surface area contributed by atoms with Crippen molar-refractivity contribution in [2.75, 3.05) is 12.4 Å². The lowest BCUT2D eigenvalue weighted by Gasteiger charge is -2.11. The van der Waals surface area contributed by atoms with E-state index >= 15 is 0 Å². The van der Waals surface area contributed by atoms with E-state index in [9.17, 15) is 4.79 Å². The SMILES string of the molecule is COc1ccc(CNC(=O)Nc2cccc(Cl)c2C)cc1. The maximum Gasteiger partial charge on any atom is 0.319 e. The lowest BCUT2D eigenvalue weighted by atomic mass is 10.2. The summed E-state index contributed by atoms with van der Waals surface area (Å²) in [5.74, 6) is 0.790. The van der Waals surface area contributed by atoms with Gasteiger partial charge in [0.05, 0.1) is 7.11 Å². The molecule has 0 aliphatic heterocycles. The molecule has 0 aromatic heterocycles. The lowest BCUT2D eigenvalue weighted by molar-refractivity contribution is 0.251. The van der Waals surface area contributed by atoms with E-state index in [1.54, 1.807) is 19.2 Å². The molecule has 0 spiro atoms. The number of amides is 2. The second kappa shape index (κ2) is 6.99. The molecule has 0 atom stereocenters. The van der Waals surface area contributed by atoms with Crippen molar-refractivity contribution in [3.63, 3.8) is 0 Å². The Hall–Kier alpha value is -2.20. The molecule has 2 N–H and O–H groups in total. The first-order valence-electron chi connectivity index (χ1n) is 6.53. The van der Waals surface area contributed by atoms with Crippen molar-refractivity contribution in [3.8, 4) is 5.75 Å². The van der Waals surface area contributed by atoms with Crippen LogP contribution in [0.4, 0.5) is 10.5 Å². The predicted molar refractivity (Wildman–Crippen MR) is 85.0 cm³/mol. The average molecular weight is 305 g/mol. The molecule has 2 aromatic rings. The third kappa shape index (κ3) is 4.13. The Labute approximate surface area is 129 Å². The third-order valence-corrected chi connectivity index (χ3v) is 3.54. The first kappa shape index (κ1) is 15.2. The minimum absolute atomic E-state index is 0.267. The maximum absolute atomic E-state index is 11.9. The molecule has 2 amide bonds. The summed E-state index contributed by atoms with van der Waals surface area (Å²) in [4.78, 5) is 11.9. The molecule has 5 heteroatoms. The van der Waals surface area contributed by atoms with Gasteiger partial charge in [0.1, 0.15) is 5.75 Å². The number of anilines is 1. The number of hydrogen-bond acceptors (Lipinski definition) is 2. The van der Waals surface area contributed by atoms with Crippen molar-refractivity contribution in [1.82, 2.24) is 5.32 Å². The van der Waals surface area contributed by atoms with Crippen LogP contribution in [0.25, 0.3) is 0 Å². The molecule has 21 heavy (non-hydrogen) atoms. The van der Waals surface area contributed by atoms with E-state index in [-0.39, 0.29) is 6.03 Å². The predicted octanol–water partition coefficient (Wildman–Crippen LogP) is 3.98. The average Bonchev–Trinajstić information content (AvgIpc) is 2.50. The van der Waals surface area contributed by atoms with E-state index in [2.05, 4.69) is 10.6 Å². The number of carbonyl (C=O) groups excluding carboxylic acids is 1. The lowest BCUT2D eigenvalue weighted by Crippen LogP contribution is -2.28. The summed E-state index contributed by atoms with van der Waals surface area (Å²) in [6, 6.07) is 12.7. The minimum Gasteiger partial charge on any atom is -0.497 e. The summed E-state index contributed by atoms with van der Waals surface area (Å²) in [7, 11) is 1.62. The fourth-order valence-corrected chi connectivity index (χ4v) is 2.01. The Balaban J connectivity index is 1.91. The van der Waals surface area contributed by atoms with E-state index in [1.165, 1.54) is 0 Å². The van der Waals surface area contributed by atoms with Gasteiger partial charge in [0, 0.05) is 17.3 Å². The highest BCUT2D eigenvalue weighted by Crippen LogP contribution is 2.22. The third-order valence-electron chi connectivity index (χ3n) is 3.13.